The van der Waals surface area contributed by atoms with Crippen LogP contribution in [0.15, 0.2) is 91.0 Å². The molecule has 3 unspecified atom stereocenters. The lowest BCUT2D eigenvalue weighted by molar-refractivity contribution is 0.0188. The van der Waals surface area contributed by atoms with E-state index in [4.69, 9.17) is 55.3 Å². The summed E-state index contributed by atoms with van der Waals surface area (Å²) in [6.07, 6.45) is 5.38. The van der Waals surface area contributed by atoms with E-state index in [1.807, 2.05) is 90.1 Å². The maximum absolute atomic E-state index is 12.7. The van der Waals surface area contributed by atoms with Crippen molar-refractivity contribution >= 4 is 76.7 Å². The van der Waals surface area contributed by atoms with Crippen molar-refractivity contribution in [2.45, 2.75) is 129 Å². The summed E-state index contributed by atoms with van der Waals surface area (Å²) in [5.74, 6) is 3.10. The molecule has 3 aromatic carbocycles. The maximum Gasteiger partial charge on any atom is 0.410 e. The molecule has 0 aliphatic carbocycles. The maximum atomic E-state index is 12.7. The van der Waals surface area contributed by atoms with Crippen LogP contribution in [0.2, 0.25) is 0 Å². The quantitative estimate of drug-likeness (QED) is 0.0666. The molecule has 5 aliphatic heterocycles. The molecule has 0 radical (unpaired) electrons. The standard InChI is InChI=1S/C23H28N4O3S.C22H30N4O3.C18H20N4OS.ClH/c1-23(2,3)30-22(29)27-10-6-7-14(13-27)16-11-18(15-8-4-5-9-19(15)28)25-20-17(16)12-24-21(31)26-20;1-22(2,3)29-21(28)26-10-6-7-14(13-26)16-11-18(25-20(24)17(16)12-23)15-8-4-5-9-19(15)27;23-16-6-2-1-5-12(16)15-8-13(11-4-3-7-19-9-11)14-10-20-18(24)22-17(14)21-15;/h4-5,8-9,11,14,28H,6-7,10,12-13H2,1-3H3,(H2,24,25,26,31);4-5,8-9,11,14,27H,6-7,10,12-13,23H2,1-3H3,(H2,24,25);1-2,5-6,8,11,19,23H,3-4,7,9-10H2,(H2,20,21,22,24);1H. The largest absolute Gasteiger partial charge is 0.507 e. The average molecular weight is 1220 g/mol. The van der Waals surface area contributed by atoms with Gasteiger partial charge in [-0.05, 0) is 188 Å². The minimum atomic E-state index is -0.536. The number of nitrogens with zero attached hydrogens (tertiary/aromatic N) is 5. The number of thiocarbonyl (C=S) groups is 2. The number of nitrogens with two attached hydrogens (primary N) is 2. The average Bonchev–Trinajstić information content (AvgIpc) is 1.38. The highest BCUT2D eigenvalue weighted by atomic mass is 35.5. The van der Waals surface area contributed by atoms with Crippen molar-refractivity contribution in [1.29, 1.82) is 0 Å². The molecule has 19 nitrogen and oxygen atoms in total. The Bertz CT molecular complexity index is 3410. The Labute approximate surface area is 514 Å². The highest BCUT2D eigenvalue weighted by Gasteiger charge is 2.34. The number of likely N-dealkylation sites (tertiary alicyclic amines) is 2. The molecule has 2 amide bonds. The van der Waals surface area contributed by atoms with Crippen molar-refractivity contribution in [1.82, 2.24) is 40.7 Å². The minimum absolute atomic E-state index is 0. The molecule has 5 aliphatic rings. The van der Waals surface area contributed by atoms with Gasteiger partial charge in [0.1, 0.15) is 45.9 Å². The minimum Gasteiger partial charge on any atom is -0.507 e. The molecule has 0 bridgehead atoms. The van der Waals surface area contributed by atoms with Crippen molar-refractivity contribution in [3.63, 3.8) is 0 Å². The second kappa shape index (κ2) is 27.6. The molecule has 3 atom stereocenters. The van der Waals surface area contributed by atoms with Gasteiger partial charge in [0.25, 0.3) is 0 Å². The fourth-order valence-corrected chi connectivity index (χ4v) is 11.7. The third kappa shape index (κ3) is 15.9. The molecule has 3 fully saturated rings. The third-order valence-electron chi connectivity index (χ3n) is 15.3. The molecular weight excluding hydrogens is 1140 g/mol. The highest BCUT2D eigenvalue weighted by Crippen LogP contribution is 2.41. The van der Waals surface area contributed by atoms with E-state index in [0.29, 0.717) is 89.6 Å². The van der Waals surface area contributed by atoms with Crippen LogP contribution in [0.5, 0.6) is 17.2 Å². The number of carbonyl (C=O) groups is 2. The summed E-state index contributed by atoms with van der Waals surface area (Å²) in [5, 5.41) is 48.1. The smallest absolute Gasteiger partial charge is 0.410 e. The molecule has 12 N–H and O–H groups in total. The number of halogens is 1. The molecule has 3 aromatic heterocycles. The Balaban J connectivity index is 0.000000166. The summed E-state index contributed by atoms with van der Waals surface area (Å²) in [6, 6.07) is 27.6. The van der Waals surface area contributed by atoms with Crippen LogP contribution >= 0.6 is 36.8 Å². The van der Waals surface area contributed by atoms with E-state index in [2.05, 4.69) is 37.6 Å². The zero-order valence-corrected chi connectivity index (χ0v) is 51.5. The van der Waals surface area contributed by atoms with Gasteiger partial charge in [-0.1, -0.05) is 36.4 Å². The van der Waals surface area contributed by atoms with Crippen LogP contribution in [0.4, 0.5) is 27.0 Å². The summed E-state index contributed by atoms with van der Waals surface area (Å²) in [6.45, 7) is 17.3. The number of phenolic OH excluding ortho intramolecular Hbond substituents is 3. The van der Waals surface area contributed by atoms with Crippen LogP contribution in [0, 0.1) is 0 Å². The topological polar surface area (TPSA) is 271 Å². The van der Waals surface area contributed by atoms with Crippen molar-refractivity contribution < 1.29 is 34.4 Å². The van der Waals surface area contributed by atoms with Gasteiger partial charge < -0.3 is 72.6 Å². The van der Waals surface area contributed by atoms with Crippen molar-refractivity contribution in [3.8, 4) is 51.0 Å². The number of fused-ring (bicyclic) bond motifs is 2. The highest BCUT2D eigenvalue weighted by molar-refractivity contribution is 7.80. The molecule has 22 heteroatoms. The number of ether oxygens (including phenoxy) is 2. The van der Waals surface area contributed by atoms with Crippen molar-refractivity contribution in [3.05, 3.63) is 124 Å². The van der Waals surface area contributed by atoms with Gasteiger partial charge in [-0.25, -0.2) is 24.5 Å². The first kappa shape index (κ1) is 63.5. The van der Waals surface area contributed by atoms with Crippen LogP contribution in [-0.2, 0) is 29.1 Å². The van der Waals surface area contributed by atoms with Crippen LogP contribution in [0.1, 0.15) is 131 Å². The van der Waals surface area contributed by atoms with Gasteiger partial charge in [-0.3, -0.25) is 0 Å². The number of carbonyl (C=O) groups excluding carboxylic acids is 2. The number of para-hydroxylation sites is 3. The number of benzene rings is 3. The first-order valence-electron chi connectivity index (χ1n) is 28.8. The fourth-order valence-electron chi connectivity index (χ4n) is 11.4. The van der Waals surface area contributed by atoms with E-state index in [-0.39, 0.29) is 60.2 Å². The van der Waals surface area contributed by atoms with E-state index < -0.39 is 11.2 Å². The summed E-state index contributed by atoms with van der Waals surface area (Å²) >= 11 is 10.5. The number of anilines is 3. The molecule has 6 aromatic rings. The molecule has 85 heavy (non-hydrogen) atoms. The number of rotatable bonds is 7. The number of hydrogen-bond donors (Lipinski definition) is 10. The van der Waals surface area contributed by atoms with Gasteiger partial charge in [0.15, 0.2) is 10.2 Å². The first-order chi connectivity index (χ1) is 40.1. The Morgan fingerprint density at radius 1 is 0.612 bits per heavy atom. The number of nitrogens with one attached hydrogen (secondary N) is 5. The molecule has 11 rings (SSSR count). The summed E-state index contributed by atoms with van der Waals surface area (Å²) in [4.78, 5) is 42.7. The van der Waals surface area contributed by atoms with Gasteiger partial charge in [-0.2, -0.15) is 0 Å². The Morgan fingerprint density at radius 3 is 1.42 bits per heavy atom. The van der Waals surface area contributed by atoms with Gasteiger partial charge in [0.2, 0.25) is 0 Å². The SMILES string of the molecule is CC(C)(C)OC(=O)N1CCCC(c2cc(-c3ccccc3O)nc(N)c2CN)C1.CC(C)(C)OC(=O)N1CCCC(c2cc(-c3ccccc3O)nc3c2CNC(=S)N3)C1.Cl.Oc1ccccc1-c1cc(C2CCCNC2)c2c(n1)NC(=S)NC2. The number of piperidine rings is 3. The third-order valence-corrected chi connectivity index (χ3v) is 15.8. The van der Waals surface area contributed by atoms with Crippen LogP contribution in [-0.4, -0.2) is 113 Å². The van der Waals surface area contributed by atoms with E-state index in [1.165, 1.54) is 17.5 Å². The Hall–Kier alpha value is -7.56. The van der Waals surface area contributed by atoms with Crippen molar-refractivity contribution in [2.75, 3.05) is 55.6 Å². The van der Waals surface area contributed by atoms with Crippen LogP contribution in [0.25, 0.3) is 33.8 Å². The number of pyridine rings is 3. The predicted molar refractivity (Wildman–Crippen MR) is 344 cm³/mol. The number of nitrogen functional groups attached to an aromatic ring is 1. The number of aromatic nitrogens is 3. The molecule has 0 spiro atoms. The Morgan fingerprint density at radius 2 is 1.01 bits per heavy atom. The summed E-state index contributed by atoms with van der Waals surface area (Å²) in [5.41, 5.74) is 21.6. The lowest BCUT2D eigenvalue weighted by Crippen LogP contribution is -2.43. The zero-order valence-electron chi connectivity index (χ0n) is 49.1. The molecule has 452 valence electrons. The van der Waals surface area contributed by atoms with Crippen molar-refractivity contribution in [2.24, 2.45) is 5.73 Å². The van der Waals surface area contributed by atoms with Crippen LogP contribution in [0.3, 0.4) is 0 Å². The monoisotopic (exact) mass is 1210 g/mol. The lowest BCUT2D eigenvalue weighted by atomic mass is 9.86. The lowest BCUT2D eigenvalue weighted by Gasteiger charge is -2.36. The van der Waals surface area contributed by atoms with Gasteiger partial charge in [-0.15, -0.1) is 12.4 Å². The second-order valence-corrected chi connectivity index (χ2v) is 24.6. The van der Waals surface area contributed by atoms with Gasteiger partial charge in [0, 0.05) is 97.6 Å². The van der Waals surface area contributed by atoms with E-state index in [0.717, 1.165) is 84.5 Å². The number of aromatic hydroxyl groups is 3. The van der Waals surface area contributed by atoms with Crippen LogP contribution < -0.4 is 38.1 Å². The van der Waals surface area contributed by atoms with E-state index in [1.54, 1.807) is 46.2 Å². The zero-order chi connectivity index (χ0) is 59.9. The van der Waals surface area contributed by atoms with Gasteiger partial charge >= 0.3 is 12.2 Å². The van der Waals surface area contributed by atoms with E-state index in [9.17, 15) is 24.9 Å². The molecule has 3 saturated heterocycles. The van der Waals surface area contributed by atoms with E-state index >= 15 is 0 Å². The fraction of sp³-hybridized carbons (Fsp3) is 0.413. The summed E-state index contributed by atoms with van der Waals surface area (Å²) < 4.78 is 11.1. The number of hydrogen-bond acceptors (Lipinski definition) is 15. The predicted octanol–water partition coefficient (Wildman–Crippen LogP) is 11.1. The number of phenols is 3. The molecule has 0 saturated carbocycles. The molecule has 8 heterocycles. The number of amides is 2. The Kier molecular flexibility index (Phi) is 20.6. The normalized spacial score (nSPS) is 18.3. The first-order valence-corrected chi connectivity index (χ1v) is 29.6. The second-order valence-electron chi connectivity index (χ2n) is 23.8. The molecular formula is C63H79ClN12O7S2. The summed E-state index contributed by atoms with van der Waals surface area (Å²) in [7, 11) is 0. The van der Waals surface area contributed by atoms with Gasteiger partial charge in [0.05, 0.1) is 17.1 Å².